The number of pyridine rings is 1. The first-order valence-electron chi connectivity index (χ1n) is 10.1. The highest BCUT2D eigenvalue weighted by atomic mass is 35.5. The Morgan fingerprint density at radius 2 is 2.09 bits per heavy atom. The molecule has 0 aliphatic carbocycles. The Bertz CT molecular complexity index is 1230. The molecule has 9 nitrogen and oxygen atoms in total. The Kier molecular flexibility index (Phi) is 7.90. The third-order valence-corrected chi connectivity index (χ3v) is 8.16. The van der Waals surface area contributed by atoms with E-state index in [0.717, 1.165) is 4.90 Å². The topological polar surface area (TPSA) is 126 Å². The minimum absolute atomic E-state index is 0.00159. The molecule has 1 saturated heterocycles. The van der Waals surface area contributed by atoms with E-state index in [0.29, 0.717) is 20.5 Å². The van der Waals surface area contributed by atoms with Gasteiger partial charge in [-0.1, -0.05) is 23.2 Å². The normalized spacial score (nSPS) is 19.0. The molecule has 3 heterocycles. The van der Waals surface area contributed by atoms with Crippen molar-refractivity contribution in [3.8, 4) is 0 Å². The number of rotatable bonds is 8. The number of thioether (sulfide) groups is 2. The monoisotopic (exact) mass is 553 g/mol. The molecule has 1 unspecified atom stereocenters. The van der Waals surface area contributed by atoms with Crippen LogP contribution in [0.5, 0.6) is 0 Å². The average Bonchev–Trinajstić information content (AvgIpc) is 2.86. The van der Waals surface area contributed by atoms with Crippen molar-refractivity contribution in [1.29, 1.82) is 0 Å². The van der Waals surface area contributed by atoms with Gasteiger partial charge < -0.3 is 15.2 Å². The number of benzene rings is 1. The molecular weight excluding hydrogens is 537 g/mol. The number of ether oxygens (including phenoxy) is 1. The number of hydrogen-bond donors (Lipinski definition) is 2. The molecular formula is C22H17Cl2N3O6S2. The fourth-order valence-corrected chi connectivity index (χ4v) is 6.09. The van der Waals surface area contributed by atoms with Gasteiger partial charge in [-0.15, -0.1) is 23.5 Å². The number of aromatic nitrogens is 1. The number of carboxylic acid groups (broad SMARTS) is 1. The van der Waals surface area contributed by atoms with E-state index >= 15 is 0 Å². The smallest absolute Gasteiger partial charge is 0.352 e. The maximum Gasteiger partial charge on any atom is 0.352 e. The van der Waals surface area contributed by atoms with Crippen LogP contribution in [0.3, 0.4) is 0 Å². The van der Waals surface area contributed by atoms with Crippen molar-refractivity contribution in [1.82, 2.24) is 15.2 Å². The lowest BCUT2D eigenvalue weighted by Crippen LogP contribution is -2.70. The van der Waals surface area contributed by atoms with E-state index in [1.54, 1.807) is 24.3 Å². The first-order valence-corrected chi connectivity index (χ1v) is 12.9. The van der Waals surface area contributed by atoms with E-state index in [1.165, 1.54) is 42.0 Å². The minimum Gasteiger partial charge on any atom is -0.477 e. The zero-order valence-electron chi connectivity index (χ0n) is 17.8. The number of nitrogens with zero attached hydrogens (tertiary/aromatic N) is 2. The number of esters is 1. The van der Waals surface area contributed by atoms with Gasteiger partial charge in [0.2, 0.25) is 5.91 Å². The van der Waals surface area contributed by atoms with Crippen LogP contribution in [0.2, 0.25) is 10.0 Å². The summed E-state index contributed by atoms with van der Waals surface area (Å²) in [7, 11) is 0. The lowest BCUT2D eigenvalue weighted by molar-refractivity contribution is -0.150. The number of carboxylic acids is 1. The Balaban J connectivity index is 1.38. The van der Waals surface area contributed by atoms with Crippen molar-refractivity contribution in [3.05, 3.63) is 69.6 Å². The second kappa shape index (κ2) is 10.9. The number of hydrogen-bond acceptors (Lipinski definition) is 8. The molecule has 1 fully saturated rings. The predicted octanol–water partition coefficient (Wildman–Crippen LogP) is 3.08. The van der Waals surface area contributed by atoms with Crippen LogP contribution in [0.1, 0.15) is 10.4 Å². The molecule has 2 N–H and O–H groups in total. The number of aliphatic carboxylic acids is 1. The number of β-lactam (4-membered cyclic amide) rings is 1. The Hall–Kier alpha value is -2.73. The van der Waals surface area contributed by atoms with Crippen LogP contribution < -0.4 is 5.32 Å². The van der Waals surface area contributed by atoms with Crippen LogP contribution in [0.25, 0.3) is 0 Å². The van der Waals surface area contributed by atoms with Gasteiger partial charge in [0.25, 0.3) is 5.91 Å². The van der Waals surface area contributed by atoms with Crippen molar-refractivity contribution in [2.45, 2.75) is 16.3 Å². The zero-order chi connectivity index (χ0) is 25.1. The van der Waals surface area contributed by atoms with Crippen molar-refractivity contribution >= 4 is 70.5 Å². The SMILES string of the molecule is O=C(CSc1cc(Cl)ccc1Cl)N[C@@H]1C(=O)N2C(C(=O)O)=C(COC(=O)c3cccnc3)CSC12. The van der Waals surface area contributed by atoms with Gasteiger partial charge in [0.05, 0.1) is 16.3 Å². The van der Waals surface area contributed by atoms with Gasteiger partial charge in [-0.2, -0.15) is 0 Å². The van der Waals surface area contributed by atoms with Gasteiger partial charge >= 0.3 is 11.9 Å². The summed E-state index contributed by atoms with van der Waals surface area (Å²) < 4.78 is 5.23. The Morgan fingerprint density at radius 3 is 2.80 bits per heavy atom. The first kappa shape index (κ1) is 25.4. The first-order chi connectivity index (χ1) is 16.8. The number of fused-ring (bicyclic) bond motifs is 1. The molecule has 0 bridgehead atoms. The van der Waals surface area contributed by atoms with E-state index in [2.05, 4.69) is 10.3 Å². The summed E-state index contributed by atoms with van der Waals surface area (Å²) in [5, 5.41) is 12.8. The highest BCUT2D eigenvalue weighted by Crippen LogP contribution is 2.40. The highest BCUT2D eigenvalue weighted by Gasteiger charge is 2.54. The molecule has 0 spiro atoms. The van der Waals surface area contributed by atoms with Gasteiger partial charge in [-0.25, -0.2) is 9.59 Å². The maximum absolute atomic E-state index is 12.8. The molecule has 2 aliphatic heterocycles. The quantitative estimate of drug-likeness (QED) is 0.288. The molecule has 2 amide bonds. The van der Waals surface area contributed by atoms with E-state index in [4.69, 9.17) is 27.9 Å². The number of nitrogens with one attached hydrogen (secondary N) is 1. The molecule has 35 heavy (non-hydrogen) atoms. The minimum atomic E-state index is -1.31. The lowest BCUT2D eigenvalue weighted by Gasteiger charge is -2.49. The molecule has 4 rings (SSSR count). The number of halogens is 2. The van der Waals surface area contributed by atoms with Crippen LogP contribution >= 0.6 is 46.7 Å². The molecule has 1 aromatic heterocycles. The largest absolute Gasteiger partial charge is 0.477 e. The van der Waals surface area contributed by atoms with Crippen molar-refractivity contribution in [3.63, 3.8) is 0 Å². The highest BCUT2D eigenvalue weighted by molar-refractivity contribution is 8.00. The third kappa shape index (κ3) is 5.58. The van der Waals surface area contributed by atoms with E-state index in [9.17, 15) is 24.3 Å². The standard InChI is InChI=1S/C22H17Cl2N3O6S2/c23-13-3-4-14(24)15(6-13)34-10-16(28)26-17-19(29)27-18(21(30)31)12(9-35-20(17)27)8-33-22(32)11-2-1-5-25-7-11/h1-7,17,20H,8-10H2,(H,26,28)(H,30,31)/t17-,20?/m1/s1. The summed E-state index contributed by atoms with van der Waals surface area (Å²) >= 11 is 14.5. The fourth-order valence-electron chi connectivity index (χ4n) is 3.46. The maximum atomic E-state index is 12.8. The summed E-state index contributed by atoms with van der Waals surface area (Å²) in [5.41, 5.74) is 0.287. The van der Waals surface area contributed by atoms with Crippen LogP contribution in [0.15, 0.2) is 58.9 Å². The second-order valence-electron chi connectivity index (χ2n) is 7.39. The number of carbonyl (C=O) groups is 4. The zero-order valence-corrected chi connectivity index (χ0v) is 20.9. The fraction of sp³-hybridized carbons (Fsp3) is 0.227. The van der Waals surface area contributed by atoms with Gasteiger partial charge in [0, 0.05) is 33.6 Å². The third-order valence-electron chi connectivity index (χ3n) is 5.09. The van der Waals surface area contributed by atoms with E-state index < -0.39 is 35.2 Å². The molecule has 2 aliphatic rings. The average molecular weight is 554 g/mol. The van der Waals surface area contributed by atoms with Gasteiger partial charge in [0.15, 0.2) is 0 Å². The molecule has 0 radical (unpaired) electrons. The van der Waals surface area contributed by atoms with Crippen LogP contribution in [-0.4, -0.2) is 68.3 Å². The van der Waals surface area contributed by atoms with Gasteiger partial charge in [0.1, 0.15) is 23.7 Å². The molecule has 13 heteroatoms. The van der Waals surface area contributed by atoms with Crippen LogP contribution in [0.4, 0.5) is 0 Å². The lowest BCUT2D eigenvalue weighted by atomic mass is 10.0. The van der Waals surface area contributed by atoms with Crippen molar-refractivity contribution < 1.29 is 29.0 Å². The number of carbonyl (C=O) groups excluding carboxylic acids is 3. The molecule has 2 aromatic rings. The molecule has 182 valence electrons. The molecule has 0 saturated carbocycles. The second-order valence-corrected chi connectivity index (χ2v) is 10.4. The predicted molar refractivity (Wildman–Crippen MR) is 131 cm³/mol. The Morgan fingerprint density at radius 1 is 1.29 bits per heavy atom. The summed E-state index contributed by atoms with van der Waals surface area (Å²) in [4.78, 5) is 54.9. The van der Waals surface area contributed by atoms with Crippen LogP contribution in [0, 0.1) is 0 Å². The van der Waals surface area contributed by atoms with Crippen molar-refractivity contribution in [2.24, 2.45) is 0 Å². The van der Waals surface area contributed by atoms with Crippen LogP contribution in [-0.2, 0) is 19.1 Å². The molecule has 1 aromatic carbocycles. The summed E-state index contributed by atoms with van der Waals surface area (Å²) in [6, 6.07) is 7.14. The molecule has 2 atom stereocenters. The van der Waals surface area contributed by atoms with Crippen molar-refractivity contribution in [2.75, 3.05) is 18.1 Å². The Labute approximate surface area is 218 Å². The number of amides is 2. The van der Waals surface area contributed by atoms with Gasteiger partial charge in [-0.3, -0.25) is 19.5 Å². The van der Waals surface area contributed by atoms with Gasteiger partial charge in [-0.05, 0) is 30.3 Å². The van der Waals surface area contributed by atoms with E-state index in [-0.39, 0.29) is 29.4 Å². The summed E-state index contributed by atoms with van der Waals surface area (Å²) in [6.07, 6.45) is 2.85. The van der Waals surface area contributed by atoms with E-state index in [1.807, 2.05) is 0 Å². The summed E-state index contributed by atoms with van der Waals surface area (Å²) in [6.45, 7) is -0.285. The summed E-state index contributed by atoms with van der Waals surface area (Å²) in [5.74, 6) is -2.70.